The smallest absolute Gasteiger partial charge is 0.317 e. The Morgan fingerprint density at radius 3 is 2.78 bits per heavy atom. The van der Waals surface area contributed by atoms with Gasteiger partial charge in [-0.1, -0.05) is 25.8 Å². The topological polar surface area (TPSA) is 48.5 Å². The molecule has 1 aliphatic rings. The maximum atomic E-state index is 12.4. The Kier molecular flexibility index (Phi) is 5.99. The van der Waals surface area contributed by atoms with E-state index >= 15 is 0 Å². The molecular formula is C18H30N4O. The molecule has 0 aliphatic heterocycles. The standard InChI is InChI=1S/C18H30N4O/c1-15-8-7-10-18(12-15,21(2)3)14-20-17(23)22(4)13-16-9-5-6-11-19-16/h5-6,9,11,15H,7-8,10,12-14H2,1-4H3,(H,20,23). The highest BCUT2D eigenvalue weighted by Crippen LogP contribution is 2.35. The van der Waals surface area contributed by atoms with E-state index in [4.69, 9.17) is 0 Å². The van der Waals surface area contributed by atoms with E-state index in [0.29, 0.717) is 19.0 Å². The van der Waals surface area contributed by atoms with E-state index in [2.05, 4.69) is 36.2 Å². The zero-order chi connectivity index (χ0) is 16.9. The van der Waals surface area contributed by atoms with Gasteiger partial charge in [0.2, 0.25) is 0 Å². The molecule has 5 nitrogen and oxygen atoms in total. The molecule has 2 unspecified atom stereocenters. The lowest BCUT2D eigenvalue weighted by Crippen LogP contribution is -2.56. The Hall–Kier alpha value is -1.62. The van der Waals surface area contributed by atoms with Crippen molar-refractivity contribution >= 4 is 6.03 Å². The maximum absolute atomic E-state index is 12.4. The molecule has 1 saturated carbocycles. The van der Waals surface area contributed by atoms with Crippen LogP contribution in [0.1, 0.15) is 38.3 Å². The van der Waals surface area contributed by atoms with E-state index in [1.165, 1.54) is 12.8 Å². The summed E-state index contributed by atoms with van der Waals surface area (Å²) in [6.45, 7) is 3.54. The molecule has 0 spiro atoms. The number of nitrogens with zero attached hydrogens (tertiary/aromatic N) is 3. The third-order valence-corrected chi connectivity index (χ3v) is 5.06. The third-order valence-electron chi connectivity index (χ3n) is 5.06. The monoisotopic (exact) mass is 318 g/mol. The molecule has 23 heavy (non-hydrogen) atoms. The van der Waals surface area contributed by atoms with Crippen LogP contribution in [0.5, 0.6) is 0 Å². The van der Waals surface area contributed by atoms with E-state index < -0.39 is 0 Å². The zero-order valence-electron chi connectivity index (χ0n) is 14.9. The first-order valence-electron chi connectivity index (χ1n) is 8.49. The number of amides is 2. The Bertz CT molecular complexity index is 505. The quantitative estimate of drug-likeness (QED) is 0.908. The summed E-state index contributed by atoms with van der Waals surface area (Å²) in [6.07, 6.45) is 6.58. The number of hydrogen-bond acceptors (Lipinski definition) is 3. The lowest BCUT2D eigenvalue weighted by Gasteiger charge is -2.45. The van der Waals surface area contributed by atoms with Gasteiger partial charge in [-0.2, -0.15) is 0 Å². The molecule has 2 rings (SSSR count). The normalized spacial score (nSPS) is 24.5. The highest BCUT2D eigenvalue weighted by molar-refractivity contribution is 5.73. The van der Waals surface area contributed by atoms with Gasteiger partial charge in [-0.25, -0.2) is 4.79 Å². The Morgan fingerprint density at radius 2 is 2.17 bits per heavy atom. The van der Waals surface area contributed by atoms with Gasteiger partial charge in [0.25, 0.3) is 0 Å². The number of carbonyl (C=O) groups is 1. The molecule has 0 aromatic carbocycles. The van der Waals surface area contributed by atoms with E-state index in [-0.39, 0.29) is 11.6 Å². The van der Waals surface area contributed by atoms with Crippen LogP contribution in [0, 0.1) is 5.92 Å². The minimum absolute atomic E-state index is 0.0323. The van der Waals surface area contributed by atoms with Gasteiger partial charge in [-0.15, -0.1) is 0 Å². The first-order chi connectivity index (χ1) is 10.9. The van der Waals surface area contributed by atoms with Crippen LogP contribution >= 0.6 is 0 Å². The number of pyridine rings is 1. The predicted molar refractivity (Wildman–Crippen MR) is 93.2 cm³/mol. The number of nitrogens with one attached hydrogen (secondary N) is 1. The van der Waals surface area contributed by atoms with Crippen molar-refractivity contribution in [3.8, 4) is 0 Å². The average Bonchev–Trinajstić information content (AvgIpc) is 2.53. The van der Waals surface area contributed by atoms with Crippen molar-refractivity contribution in [2.24, 2.45) is 5.92 Å². The number of rotatable bonds is 5. The van der Waals surface area contributed by atoms with E-state index in [1.807, 2.05) is 25.2 Å². The number of likely N-dealkylation sites (N-methyl/N-ethyl adjacent to an activating group) is 1. The van der Waals surface area contributed by atoms with Gasteiger partial charge in [0.05, 0.1) is 12.2 Å². The Balaban J connectivity index is 1.91. The molecule has 1 aromatic heterocycles. The van der Waals surface area contributed by atoms with Gasteiger partial charge in [0.1, 0.15) is 0 Å². The van der Waals surface area contributed by atoms with Crippen LogP contribution in [-0.4, -0.2) is 54.0 Å². The van der Waals surface area contributed by atoms with E-state index in [0.717, 1.165) is 18.5 Å². The molecule has 128 valence electrons. The largest absolute Gasteiger partial charge is 0.336 e. The second-order valence-corrected chi connectivity index (χ2v) is 7.16. The number of hydrogen-bond donors (Lipinski definition) is 1. The molecule has 1 heterocycles. The summed E-state index contributed by atoms with van der Waals surface area (Å²) in [4.78, 5) is 20.7. The van der Waals surface area contributed by atoms with Gasteiger partial charge >= 0.3 is 6.03 Å². The van der Waals surface area contributed by atoms with Gasteiger partial charge in [-0.3, -0.25) is 4.98 Å². The van der Waals surface area contributed by atoms with Crippen molar-refractivity contribution in [1.82, 2.24) is 20.1 Å². The molecule has 0 saturated heterocycles. The number of carbonyl (C=O) groups excluding carboxylic acids is 1. The first-order valence-corrected chi connectivity index (χ1v) is 8.49. The SMILES string of the molecule is CC1CCCC(CNC(=O)N(C)Cc2ccccn2)(N(C)C)C1. The van der Waals surface area contributed by atoms with Crippen LogP contribution in [0.2, 0.25) is 0 Å². The van der Waals surface area contributed by atoms with Crippen LogP contribution in [0.4, 0.5) is 4.79 Å². The Labute approximate surface area is 140 Å². The molecule has 1 N–H and O–H groups in total. The molecule has 0 bridgehead atoms. The highest BCUT2D eigenvalue weighted by Gasteiger charge is 2.37. The number of aromatic nitrogens is 1. The molecule has 2 amide bonds. The number of urea groups is 1. The Morgan fingerprint density at radius 1 is 1.39 bits per heavy atom. The summed E-state index contributed by atoms with van der Waals surface area (Å²) in [5.41, 5.74) is 0.984. The average molecular weight is 318 g/mol. The molecule has 1 aliphatic carbocycles. The highest BCUT2D eigenvalue weighted by atomic mass is 16.2. The maximum Gasteiger partial charge on any atom is 0.317 e. The van der Waals surface area contributed by atoms with Crippen molar-refractivity contribution in [1.29, 1.82) is 0 Å². The lowest BCUT2D eigenvalue weighted by molar-refractivity contribution is 0.0756. The fraction of sp³-hybridized carbons (Fsp3) is 0.667. The van der Waals surface area contributed by atoms with Gasteiger partial charge in [0.15, 0.2) is 0 Å². The van der Waals surface area contributed by atoms with Gasteiger partial charge < -0.3 is 15.1 Å². The summed E-state index contributed by atoms with van der Waals surface area (Å²) < 4.78 is 0. The second-order valence-electron chi connectivity index (χ2n) is 7.16. The zero-order valence-corrected chi connectivity index (χ0v) is 14.9. The summed E-state index contributed by atoms with van der Waals surface area (Å²) in [6, 6.07) is 5.73. The summed E-state index contributed by atoms with van der Waals surface area (Å²) in [7, 11) is 6.07. The van der Waals surface area contributed by atoms with Crippen molar-refractivity contribution in [2.75, 3.05) is 27.7 Å². The van der Waals surface area contributed by atoms with Crippen molar-refractivity contribution in [2.45, 2.75) is 44.7 Å². The molecule has 2 atom stereocenters. The van der Waals surface area contributed by atoms with Gasteiger partial charge in [0, 0.05) is 25.3 Å². The van der Waals surface area contributed by atoms with Crippen LogP contribution in [-0.2, 0) is 6.54 Å². The minimum Gasteiger partial charge on any atom is -0.336 e. The molecule has 1 fully saturated rings. The van der Waals surface area contributed by atoms with Gasteiger partial charge in [-0.05, 0) is 45.0 Å². The predicted octanol–water partition coefficient (Wildman–Crippen LogP) is 2.73. The minimum atomic E-state index is -0.0323. The van der Waals surface area contributed by atoms with Crippen molar-refractivity contribution < 1.29 is 4.79 Å². The van der Waals surface area contributed by atoms with Crippen molar-refractivity contribution in [3.63, 3.8) is 0 Å². The molecular weight excluding hydrogens is 288 g/mol. The molecule has 5 heteroatoms. The summed E-state index contributed by atoms with van der Waals surface area (Å²) in [5.74, 6) is 0.717. The fourth-order valence-corrected chi connectivity index (χ4v) is 3.54. The molecule has 0 radical (unpaired) electrons. The van der Waals surface area contributed by atoms with E-state index in [1.54, 1.807) is 11.1 Å². The first kappa shape index (κ1) is 17.7. The fourth-order valence-electron chi connectivity index (χ4n) is 3.54. The lowest BCUT2D eigenvalue weighted by atomic mass is 9.75. The molecule has 1 aromatic rings. The van der Waals surface area contributed by atoms with Crippen LogP contribution in [0.3, 0.4) is 0 Å². The van der Waals surface area contributed by atoms with Crippen LogP contribution in [0.25, 0.3) is 0 Å². The van der Waals surface area contributed by atoms with Crippen LogP contribution < -0.4 is 5.32 Å². The summed E-state index contributed by atoms with van der Waals surface area (Å²) >= 11 is 0. The summed E-state index contributed by atoms with van der Waals surface area (Å²) in [5, 5.41) is 3.13. The third kappa shape index (κ3) is 4.67. The van der Waals surface area contributed by atoms with Crippen LogP contribution in [0.15, 0.2) is 24.4 Å². The van der Waals surface area contributed by atoms with E-state index in [9.17, 15) is 4.79 Å². The van der Waals surface area contributed by atoms with Crippen molar-refractivity contribution in [3.05, 3.63) is 30.1 Å². The second kappa shape index (κ2) is 7.77.